The van der Waals surface area contributed by atoms with E-state index in [-0.39, 0.29) is 30.9 Å². The highest BCUT2D eigenvalue weighted by atomic mass is 16.5. The van der Waals surface area contributed by atoms with E-state index in [0.29, 0.717) is 11.5 Å². The van der Waals surface area contributed by atoms with E-state index in [0.717, 1.165) is 34.1 Å². The number of carbonyl (C=O) groups excluding carboxylic acids is 2. The molecule has 2 aromatic carbocycles. The number of carbonyl (C=O) groups is 2. The van der Waals surface area contributed by atoms with Crippen LogP contribution in [0.25, 0.3) is 10.9 Å². The zero-order chi connectivity index (χ0) is 23.1. The molecule has 0 aliphatic carbocycles. The minimum atomic E-state index is -0.346. The Hall–Kier alpha value is -3.41. The first-order chi connectivity index (χ1) is 15.4. The monoisotopic (exact) mass is 433 g/mol. The average molecular weight is 434 g/mol. The molecule has 2 N–H and O–H groups in total. The Balaban J connectivity index is 1.73. The Kier molecular flexibility index (Phi) is 7.82. The van der Waals surface area contributed by atoms with E-state index in [1.54, 1.807) is 0 Å². The van der Waals surface area contributed by atoms with E-state index in [9.17, 15) is 9.59 Å². The van der Waals surface area contributed by atoms with Gasteiger partial charge in [-0.1, -0.05) is 44.2 Å². The van der Waals surface area contributed by atoms with E-state index in [1.165, 1.54) is 7.11 Å². The zero-order valence-electron chi connectivity index (χ0n) is 19.1. The van der Waals surface area contributed by atoms with E-state index in [4.69, 9.17) is 0 Å². The lowest BCUT2D eigenvalue weighted by Crippen LogP contribution is -2.26. The molecule has 6 heteroatoms. The number of pyridine rings is 1. The number of hydrogen-bond donors (Lipinski definition) is 2. The highest BCUT2D eigenvalue weighted by Gasteiger charge is 2.15. The van der Waals surface area contributed by atoms with Crippen LogP contribution < -0.4 is 10.6 Å². The minimum Gasteiger partial charge on any atom is -0.469 e. The van der Waals surface area contributed by atoms with Crippen molar-refractivity contribution in [2.24, 2.45) is 5.92 Å². The summed E-state index contributed by atoms with van der Waals surface area (Å²) in [5, 5.41) is 7.48. The van der Waals surface area contributed by atoms with Crippen molar-refractivity contribution in [1.29, 1.82) is 0 Å². The SMILES string of the molecule is COC(=O)CCNC(=O)c1ccc(C(CC(C)C)Nc2cnc3c(C)cccc3c2)cc1. The topological polar surface area (TPSA) is 80.3 Å². The van der Waals surface area contributed by atoms with Crippen LogP contribution in [0.5, 0.6) is 0 Å². The first-order valence-electron chi connectivity index (χ1n) is 10.9. The summed E-state index contributed by atoms with van der Waals surface area (Å²) < 4.78 is 4.59. The van der Waals surface area contributed by atoms with Crippen molar-refractivity contribution in [1.82, 2.24) is 10.3 Å². The van der Waals surface area contributed by atoms with Crippen LogP contribution in [0.2, 0.25) is 0 Å². The van der Waals surface area contributed by atoms with Gasteiger partial charge in [0, 0.05) is 17.5 Å². The Morgan fingerprint density at radius 1 is 1.09 bits per heavy atom. The summed E-state index contributed by atoms with van der Waals surface area (Å²) in [6.45, 7) is 6.70. The first-order valence-corrected chi connectivity index (χ1v) is 10.9. The third-order valence-corrected chi connectivity index (χ3v) is 5.38. The molecule has 0 saturated heterocycles. The van der Waals surface area contributed by atoms with Crippen LogP contribution in [0.15, 0.2) is 54.7 Å². The number of fused-ring (bicyclic) bond motifs is 1. The molecule has 0 saturated carbocycles. The average Bonchev–Trinajstić information content (AvgIpc) is 2.78. The Morgan fingerprint density at radius 2 is 1.84 bits per heavy atom. The lowest BCUT2D eigenvalue weighted by molar-refractivity contribution is -0.140. The number of hydrogen-bond acceptors (Lipinski definition) is 5. The number of aryl methyl sites for hydroxylation is 1. The molecule has 0 spiro atoms. The number of benzene rings is 2. The number of ether oxygens (including phenoxy) is 1. The van der Waals surface area contributed by atoms with Gasteiger partial charge in [-0.2, -0.15) is 0 Å². The zero-order valence-corrected chi connectivity index (χ0v) is 19.1. The van der Waals surface area contributed by atoms with E-state index < -0.39 is 0 Å². The standard InChI is InChI=1S/C26H31N3O3/c1-17(2)14-23(29-22-15-21-7-5-6-18(3)25(21)28-16-22)19-8-10-20(11-9-19)26(31)27-13-12-24(30)32-4/h5-11,15-17,23,29H,12-14H2,1-4H3,(H,27,31). The number of anilines is 1. The number of nitrogens with zero attached hydrogens (tertiary/aromatic N) is 1. The molecule has 6 nitrogen and oxygen atoms in total. The highest BCUT2D eigenvalue weighted by molar-refractivity contribution is 5.94. The van der Waals surface area contributed by atoms with Crippen molar-refractivity contribution in [2.45, 2.75) is 39.7 Å². The van der Waals surface area contributed by atoms with E-state index in [2.05, 4.69) is 59.3 Å². The Morgan fingerprint density at radius 3 is 2.53 bits per heavy atom. The van der Waals surface area contributed by atoms with Gasteiger partial charge >= 0.3 is 5.97 Å². The second kappa shape index (κ2) is 10.8. The second-order valence-corrected chi connectivity index (χ2v) is 8.40. The van der Waals surface area contributed by atoms with Gasteiger partial charge in [0.1, 0.15) is 0 Å². The second-order valence-electron chi connectivity index (χ2n) is 8.40. The van der Waals surface area contributed by atoms with Crippen LogP contribution in [0.3, 0.4) is 0 Å². The molecule has 1 unspecified atom stereocenters. The Labute approximate surface area is 189 Å². The van der Waals surface area contributed by atoms with Crippen molar-refractivity contribution >= 4 is 28.5 Å². The molecular weight excluding hydrogens is 402 g/mol. The van der Waals surface area contributed by atoms with Crippen LogP contribution in [-0.2, 0) is 9.53 Å². The molecule has 0 fully saturated rings. The summed E-state index contributed by atoms with van der Waals surface area (Å²) in [5.74, 6) is -0.0611. The lowest BCUT2D eigenvalue weighted by Gasteiger charge is -2.23. The molecule has 3 rings (SSSR count). The van der Waals surface area contributed by atoms with Crippen molar-refractivity contribution in [3.63, 3.8) is 0 Å². The normalized spacial score (nSPS) is 11.9. The number of aromatic nitrogens is 1. The van der Waals surface area contributed by atoms with Crippen molar-refractivity contribution in [2.75, 3.05) is 19.0 Å². The van der Waals surface area contributed by atoms with Gasteiger partial charge in [0.2, 0.25) is 0 Å². The van der Waals surface area contributed by atoms with Crippen LogP contribution in [-0.4, -0.2) is 30.5 Å². The van der Waals surface area contributed by atoms with E-state index in [1.807, 2.05) is 36.5 Å². The van der Waals surface area contributed by atoms with Gasteiger partial charge in [0.05, 0.1) is 37.0 Å². The van der Waals surface area contributed by atoms with Crippen LogP contribution in [0, 0.1) is 12.8 Å². The fourth-order valence-electron chi connectivity index (χ4n) is 3.69. The van der Waals surface area contributed by atoms with Crippen molar-refractivity contribution in [3.8, 4) is 0 Å². The fraction of sp³-hybridized carbons (Fsp3) is 0.346. The van der Waals surface area contributed by atoms with Gasteiger partial charge in [-0.05, 0) is 48.6 Å². The summed E-state index contributed by atoms with van der Waals surface area (Å²) in [5.41, 5.74) is 4.81. The molecule has 1 amide bonds. The third-order valence-electron chi connectivity index (χ3n) is 5.38. The molecule has 32 heavy (non-hydrogen) atoms. The quantitative estimate of drug-likeness (QED) is 0.462. The maximum atomic E-state index is 12.3. The summed E-state index contributed by atoms with van der Waals surface area (Å²) in [7, 11) is 1.33. The summed E-state index contributed by atoms with van der Waals surface area (Å²) in [6.07, 6.45) is 2.97. The minimum absolute atomic E-state index is 0.0931. The van der Waals surface area contributed by atoms with Crippen LogP contribution in [0.1, 0.15) is 54.2 Å². The number of nitrogens with one attached hydrogen (secondary N) is 2. The van der Waals surface area contributed by atoms with Crippen molar-refractivity contribution < 1.29 is 14.3 Å². The van der Waals surface area contributed by atoms with E-state index >= 15 is 0 Å². The number of methoxy groups -OCH3 is 1. The Bertz CT molecular complexity index is 1080. The molecule has 0 bridgehead atoms. The molecule has 3 aromatic rings. The van der Waals surface area contributed by atoms with Crippen LogP contribution >= 0.6 is 0 Å². The van der Waals surface area contributed by atoms with Gasteiger partial charge in [-0.3, -0.25) is 14.6 Å². The number of para-hydroxylation sites is 1. The van der Waals surface area contributed by atoms with Gasteiger partial charge in [0.15, 0.2) is 0 Å². The number of esters is 1. The highest BCUT2D eigenvalue weighted by Crippen LogP contribution is 2.28. The first kappa shape index (κ1) is 23.3. The largest absolute Gasteiger partial charge is 0.469 e. The molecule has 1 atom stereocenters. The molecular formula is C26H31N3O3. The molecule has 1 heterocycles. The molecule has 168 valence electrons. The van der Waals surface area contributed by atoms with Crippen molar-refractivity contribution in [3.05, 3.63) is 71.4 Å². The predicted octanol–water partition coefficient (Wildman–Crippen LogP) is 5.04. The molecule has 1 aromatic heterocycles. The summed E-state index contributed by atoms with van der Waals surface area (Å²) in [4.78, 5) is 28.2. The number of rotatable bonds is 9. The maximum Gasteiger partial charge on any atom is 0.307 e. The molecule has 0 radical (unpaired) electrons. The van der Waals surface area contributed by atoms with Gasteiger partial charge in [-0.15, -0.1) is 0 Å². The summed E-state index contributed by atoms with van der Waals surface area (Å²) >= 11 is 0. The van der Waals surface area contributed by atoms with Gasteiger partial charge in [0.25, 0.3) is 5.91 Å². The van der Waals surface area contributed by atoms with Gasteiger partial charge in [-0.25, -0.2) is 0 Å². The molecule has 0 aliphatic heterocycles. The fourth-order valence-corrected chi connectivity index (χ4v) is 3.69. The lowest BCUT2D eigenvalue weighted by atomic mass is 9.95. The predicted molar refractivity (Wildman–Crippen MR) is 128 cm³/mol. The molecule has 0 aliphatic rings. The third kappa shape index (κ3) is 6.06. The summed E-state index contributed by atoms with van der Waals surface area (Å²) in [6, 6.07) is 16.0. The number of amides is 1. The maximum absolute atomic E-state index is 12.3. The van der Waals surface area contributed by atoms with Gasteiger partial charge < -0.3 is 15.4 Å². The van der Waals surface area contributed by atoms with Crippen LogP contribution in [0.4, 0.5) is 5.69 Å². The smallest absolute Gasteiger partial charge is 0.307 e.